The number of rotatable bonds is 20. The third-order valence-electron chi connectivity index (χ3n) is 27.5. The van der Waals surface area contributed by atoms with Crippen molar-refractivity contribution in [1.82, 2.24) is 19.9 Å². The van der Waals surface area contributed by atoms with E-state index in [1.165, 1.54) is 0 Å². The minimum Gasteiger partial charge on any atom is -0.481 e. The summed E-state index contributed by atoms with van der Waals surface area (Å²) in [6, 6.07) is 127. The Morgan fingerprint density at radius 1 is 0.233 bits per heavy atom. The Bertz CT molecular complexity index is 7300. The van der Waals surface area contributed by atoms with Gasteiger partial charge in [-0.2, -0.15) is 0 Å². The molecule has 0 saturated carbocycles. The van der Waals surface area contributed by atoms with Crippen molar-refractivity contribution in [2.45, 2.75) is 54.8 Å². The van der Waals surface area contributed by atoms with Crippen LogP contribution in [-0.4, -0.2) is 46.4 Å². The minimum atomic E-state index is -1.16. The average Bonchev–Trinajstić information content (AvgIpc) is 1.53. The molecule has 0 bridgehead atoms. The number of nitrogens with zero attached hydrogens (tertiary/aromatic N) is 4. The first-order chi connectivity index (χ1) is 65.7. The van der Waals surface area contributed by atoms with Gasteiger partial charge < -0.3 is 18.9 Å². The number of ether oxygens (including phenoxy) is 4. The van der Waals surface area contributed by atoms with Crippen LogP contribution in [-0.2, 0) is 27.1 Å². The normalized spacial score (nSPS) is 16.9. The summed E-state index contributed by atoms with van der Waals surface area (Å²) >= 11 is 7.62. The Morgan fingerprint density at radius 2 is 0.451 bits per heavy atom. The number of hydrogen-bond acceptors (Lipinski definition) is 12. The highest BCUT2D eigenvalue weighted by Gasteiger charge is 2.57. The zero-order valence-electron chi connectivity index (χ0n) is 73.0. The highest BCUT2D eigenvalue weighted by Crippen LogP contribution is 2.67. The topological polar surface area (TPSA) is 88.5 Å². The number of benzene rings is 12. The van der Waals surface area contributed by atoms with Crippen LogP contribution < -0.4 is 18.9 Å². The van der Waals surface area contributed by atoms with E-state index in [9.17, 15) is 0 Å². The van der Waals surface area contributed by atoms with E-state index in [0.29, 0.717) is 26.4 Å². The number of thiophene rings is 4. The molecular formula is C121H80N4O4S4. The van der Waals surface area contributed by atoms with Crippen LogP contribution in [0, 0.1) is 47.4 Å². The SMILES string of the molecule is CC#CCOc1ccc2cc(C3(c4ccc(C(c5ccc(C6(c7ccc8cc(OCC#CC)ccc8c7)c7ccccc7-c7ncccc76)s5)(c5ccc(C6(c7ccc8cc(OCC#CC)ccc8c7)c7ccccc7-c7ncccc76)s5)c5ccc(C6(c7ccc8cc(OCC#CC)ccc8c7)c7ccccc7-c7ncccc76)s5)s4)c4ccccc4-c4ncccc43)ccc2c1. The summed E-state index contributed by atoms with van der Waals surface area (Å²) in [5, 5.41) is 8.58. The lowest BCUT2D eigenvalue weighted by Crippen LogP contribution is -2.29. The van der Waals surface area contributed by atoms with Crippen LogP contribution in [0.2, 0.25) is 0 Å². The van der Waals surface area contributed by atoms with Gasteiger partial charge in [0.2, 0.25) is 0 Å². The molecule has 4 aliphatic carbocycles. The predicted molar refractivity (Wildman–Crippen MR) is 542 cm³/mol. The number of fused-ring (bicyclic) bond motifs is 16. The molecule has 24 rings (SSSR count). The summed E-state index contributed by atoms with van der Waals surface area (Å²) in [5.74, 6) is 27.5. The maximum Gasteiger partial charge on any atom is 0.149 e. The zero-order chi connectivity index (χ0) is 89.0. The van der Waals surface area contributed by atoms with Crippen LogP contribution in [0.15, 0.2) is 365 Å². The predicted octanol–water partition coefficient (Wildman–Crippen LogP) is 27.6. The highest BCUT2D eigenvalue weighted by atomic mass is 32.1. The standard InChI is InChI=1S/C121H80N4O4S4/c1-5-9-65-126-89-49-41-77-69-85(45-37-81(77)73-89)117(97-29-17-13-25-93(97)113-101(117)33-21-61-122-113)105-53-57-109(130-105)121(110-58-54-106(131-110)118(98-30-18-14-26-94(98)114-102(118)34-22-62-123-114)86-46-38-82-74-90(127-66-10-6-2)50-42-78(82)70-86,111-59-55-107(132-111)119(99-31-19-15-27-95(99)115-103(119)35-23-63-124-115)87-47-39-83-75-91(128-67-11-7-3)51-43-79(83)71-87)112-60-56-108(133-112)120(100-32-20-16-28-96(100)116-104(120)36-24-64-125-116)88-48-40-84-76-92(129-68-12-8-4)52-44-80(84)72-88/h13-64,69-76H,65-68H2,1-4H3. The van der Waals surface area contributed by atoms with Gasteiger partial charge in [-0.25, -0.2) is 0 Å². The second-order valence-corrected chi connectivity index (χ2v) is 38.3. The fourth-order valence-electron chi connectivity index (χ4n) is 21.9. The molecular weight excluding hydrogens is 1700 g/mol. The minimum absolute atomic E-state index is 0.299. The maximum absolute atomic E-state index is 6.27. The molecule has 0 amide bonds. The number of hydrogen-bond donors (Lipinski definition) is 0. The molecule has 0 radical (unpaired) electrons. The third kappa shape index (κ3) is 12.3. The van der Waals surface area contributed by atoms with Crippen molar-refractivity contribution in [3.8, 4) is 115 Å². The van der Waals surface area contributed by atoms with Crippen LogP contribution in [0.5, 0.6) is 23.0 Å². The van der Waals surface area contributed by atoms with Crippen LogP contribution >= 0.6 is 45.3 Å². The van der Waals surface area contributed by atoms with Gasteiger partial charge in [-0.1, -0.05) is 218 Å². The van der Waals surface area contributed by atoms with Gasteiger partial charge in [0.1, 0.15) is 54.8 Å². The first kappa shape index (κ1) is 80.8. The number of pyridine rings is 4. The van der Waals surface area contributed by atoms with Crippen LogP contribution in [0.1, 0.15) is 133 Å². The zero-order valence-corrected chi connectivity index (χ0v) is 76.3. The van der Waals surface area contributed by atoms with Crippen molar-refractivity contribution in [2.75, 3.05) is 26.4 Å². The van der Waals surface area contributed by atoms with Gasteiger partial charge in [-0.15, -0.1) is 69.0 Å². The van der Waals surface area contributed by atoms with Gasteiger partial charge >= 0.3 is 0 Å². The molecule has 8 heterocycles. The van der Waals surface area contributed by atoms with Crippen molar-refractivity contribution in [3.63, 3.8) is 0 Å². The lowest BCUT2D eigenvalue weighted by atomic mass is 9.71. The third-order valence-corrected chi connectivity index (χ3v) is 32.8. The van der Waals surface area contributed by atoms with Gasteiger partial charge in [-0.3, -0.25) is 19.9 Å². The van der Waals surface area contributed by atoms with E-state index in [1.54, 1.807) is 0 Å². The van der Waals surface area contributed by atoms with Gasteiger partial charge in [0, 0.05) is 86.1 Å². The Balaban J connectivity index is 0.822. The summed E-state index contributed by atoms with van der Waals surface area (Å²) in [6.07, 6.45) is 7.81. The van der Waals surface area contributed by atoms with Crippen LogP contribution in [0.3, 0.4) is 0 Å². The van der Waals surface area contributed by atoms with E-state index < -0.39 is 27.1 Å². The Morgan fingerprint density at radius 3 is 0.692 bits per heavy atom. The molecule has 8 nitrogen and oxygen atoms in total. The van der Waals surface area contributed by atoms with E-state index in [2.05, 4.69) is 387 Å². The summed E-state index contributed by atoms with van der Waals surface area (Å²) < 4.78 is 25.1. The van der Waals surface area contributed by atoms with Crippen molar-refractivity contribution < 1.29 is 18.9 Å². The van der Waals surface area contributed by atoms with Crippen molar-refractivity contribution in [3.05, 3.63) is 470 Å². The van der Waals surface area contributed by atoms with Gasteiger partial charge in [-0.05, 0) is 283 Å². The van der Waals surface area contributed by atoms with Crippen molar-refractivity contribution >= 4 is 88.4 Å². The molecule has 632 valence electrons. The molecule has 0 aliphatic heterocycles. The highest BCUT2D eigenvalue weighted by molar-refractivity contribution is 7.17. The molecule has 4 unspecified atom stereocenters. The smallest absolute Gasteiger partial charge is 0.149 e. The lowest BCUT2D eigenvalue weighted by Gasteiger charge is -2.35. The van der Waals surface area contributed by atoms with E-state index in [1.807, 2.05) is 97.8 Å². The van der Waals surface area contributed by atoms with Crippen LogP contribution in [0.25, 0.3) is 88.1 Å². The first-order valence-corrected chi connectivity index (χ1v) is 47.9. The second-order valence-electron chi connectivity index (χ2n) is 33.9. The molecule has 0 spiro atoms. The molecule has 4 atom stereocenters. The summed E-state index contributed by atoms with van der Waals surface area (Å²) in [4.78, 5) is 30.7. The summed E-state index contributed by atoms with van der Waals surface area (Å²) in [6.45, 7) is 8.57. The Labute approximate surface area is 788 Å². The fourth-order valence-corrected chi connectivity index (χ4v) is 28.2. The Kier molecular flexibility index (Phi) is 19.8. The summed E-state index contributed by atoms with van der Waals surface area (Å²) in [5.41, 5.74) is 17.0. The average molecular weight is 1780 g/mol. The Hall–Kier alpha value is -15.5. The molecule has 0 N–H and O–H groups in total. The van der Waals surface area contributed by atoms with E-state index in [0.717, 1.165) is 217 Å². The number of aromatic nitrogens is 4. The molecule has 12 heteroatoms. The van der Waals surface area contributed by atoms with E-state index in [4.69, 9.17) is 38.9 Å². The van der Waals surface area contributed by atoms with Gasteiger partial charge in [0.05, 0.1) is 44.4 Å². The summed E-state index contributed by atoms with van der Waals surface area (Å²) in [7, 11) is 0. The second kappa shape index (κ2) is 32.6. The van der Waals surface area contributed by atoms with Crippen molar-refractivity contribution in [2.24, 2.45) is 0 Å². The van der Waals surface area contributed by atoms with Gasteiger partial charge in [0.25, 0.3) is 0 Å². The van der Waals surface area contributed by atoms with E-state index in [-0.39, 0.29) is 0 Å². The van der Waals surface area contributed by atoms with Gasteiger partial charge in [0.15, 0.2) is 0 Å². The molecule has 0 saturated heterocycles. The maximum atomic E-state index is 6.27. The lowest BCUT2D eigenvalue weighted by molar-refractivity contribution is 0.370. The van der Waals surface area contributed by atoms with Crippen LogP contribution in [0.4, 0.5) is 0 Å². The molecule has 0 fully saturated rings. The first-order valence-electron chi connectivity index (χ1n) is 44.6. The largest absolute Gasteiger partial charge is 0.481 e. The van der Waals surface area contributed by atoms with Crippen molar-refractivity contribution in [1.29, 1.82) is 0 Å². The quantitative estimate of drug-likeness (QED) is 0.0698. The molecule has 12 aromatic carbocycles. The van der Waals surface area contributed by atoms with E-state index >= 15 is 0 Å². The molecule has 20 aromatic rings. The molecule has 8 aromatic heterocycles. The molecule has 4 aliphatic rings. The molecule has 133 heavy (non-hydrogen) atoms. The fraction of sp³-hybridized carbons (Fsp3) is 0.107. The monoisotopic (exact) mass is 1780 g/mol.